The topological polar surface area (TPSA) is 75.6 Å². The van der Waals surface area contributed by atoms with Crippen molar-refractivity contribution in [2.24, 2.45) is 10.7 Å². The first kappa shape index (κ1) is 17.5. The van der Waals surface area contributed by atoms with Crippen LogP contribution in [0.3, 0.4) is 0 Å². The number of benzene rings is 1. The van der Waals surface area contributed by atoms with Crippen molar-refractivity contribution < 1.29 is 0 Å². The molecule has 0 atom stereocenters. The third kappa shape index (κ3) is 4.46. The molecule has 1 aliphatic heterocycles. The second-order valence-electron chi connectivity index (χ2n) is 6.49. The van der Waals surface area contributed by atoms with Crippen LogP contribution >= 0.6 is 11.3 Å². The molecule has 1 aliphatic rings. The summed E-state index contributed by atoms with van der Waals surface area (Å²) < 4.78 is 1.93. The Kier molecular flexibility index (Phi) is 5.34. The van der Waals surface area contributed by atoms with Crippen LogP contribution in [0, 0.1) is 0 Å². The van der Waals surface area contributed by atoms with E-state index in [1.807, 2.05) is 46.9 Å². The van der Waals surface area contributed by atoms with E-state index in [9.17, 15) is 0 Å². The summed E-state index contributed by atoms with van der Waals surface area (Å²) in [4.78, 5) is 13.4. The molecule has 0 unspecified atom stereocenters. The van der Waals surface area contributed by atoms with Crippen LogP contribution in [0.25, 0.3) is 0 Å². The number of hydrogen-bond donors (Lipinski definition) is 1. The molecule has 2 aromatic heterocycles. The Morgan fingerprint density at radius 3 is 2.67 bits per heavy atom. The average Bonchev–Trinajstić information content (AvgIpc) is 3.39. The summed E-state index contributed by atoms with van der Waals surface area (Å²) in [7, 11) is 0. The highest BCUT2D eigenvalue weighted by atomic mass is 32.1. The zero-order valence-electron chi connectivity index (χ0n) is 15.1. The lowest BCUT2D eigenvalue weighted by Gasteiger charge is -2.35. The minimum Gasteiger partial charge on any atom is -0.370 e. The van der Waals surface area contributed by atoms with E-state index < -0.39 is 0 Å². The summed E-state index contributed by atoms with van der Waals surface area (Å²) >= 11 is 1.67. The molecule has 140 valence electrons. The van der Waals surface area contributed by atoms with Gasteiger partial charge in [-0.15, -0.1) is 11.3 Å². The van der Waals surface area contributed by atoms with Gasteiger partial charge in [-0.2, -0.15) is 5.10 Å². The SMILES string of the molecule is NC(=NCc1cnn(Cc2ccccc2)c1)N1CCN(c2nccs2)CC1. The zero-order valence-corrected chi connectivity index (χ0v) is 15.9. The number of rotatable bonds is 5. The molecule has 1 saturated heterocycles. The molecule has 8 heteroatoms. The standard InChI is InChI=1S/C19H23N7S/c20-18(24-7-9-25(10-8-24)19-21-6-11-27-19)22-12-17-13-23-26(15-17)14-16-4-2-1-3-5-16/h1-6,11,13,15H,7-10,12,14H2,(H2,20,22). The molecule has 7 nitrogen and oxygen atoms in total. The highest BCUT2D eigenvalue weighted by Gasteiger charge is 2.19. The van der Waals surface area contributed by atoms with E-state index in [1.54, 1.807) is 11.3 Å². The fourth-order valence-corrected chi connectivity index (χ4v) is 3.81. The third-order valence-corrected chi connectivity index (χ3v) is 5.42. The fourth-order valence-electron chi connectivity index (χ4n) is 3.12. The highest BCUT2D eigenvalue weighted by molar-refractivity contribution is 7.13. The van der Waals surface area contributed by atoms with Gasteiger partial charge in [0.2, 0.25) is 0 Å². The van der Waals surface area contributed by atoms with Crippen molar-refractivity contribution in [2.45, 2.75) is 13.1 Å². The number of anilines is 1. The largest absolute Gasteiger partial charge is 0.370 e. The Morgan fingerprint density at radius 2 is 1.93 bits per heavy atom. The Hall–Kier alpha value is -2.87. The van der Waals surface area contributed by atoms with Gasteiger partial charge in [-0.3, -0.25) is 4.68 Å². The number of guanidine groups is 1. The average molecular weight is 382 g/mol. The number of hydrogen-bond acceptors (Lipinski definition) is 5. The van der Waals surface area contributed by atoms with Gasteiger partial charge < -0.3 is 15.5 Å². The van der Waals surface area contributed by atoms with Gasteiger partial charge in [0.05, 0.1) is 19.3 Å². The Labute approximate surface area is 162 Å². The minimum atomic E-state index is 0.549. The van der Waals surface area contributed by atoms with Crippen molar-refractivity contribution in [1.29, 1.82) is 0 Å². The van der Waals surface area contributed by atoms with Gasteiger partial charge in [0.15, 0.2) is 11.1 Å². The quantitative estimate of drug-likeness (QED) is 0.541. The van der Waals surface area contributed by atoms with Gasteiger partial charge in [0.25, 0.3) is 0 Å². The summed E-state index contributed by atoms with van der Waals surface area (Å²) in [6.45, 7) is 4.87. The molecule has 1 fully saturated rings. The summed E-state index contributed by atoms with van der Waals surface area (Å²) in [5, 5.41) is 7.51. The van der Waals surface area contributed by atoms with Gasteiger partial charge in [0.1, 0.15) is 0 Å². The van der Waals surface area contributed by atoms with Crippen LogP contribution in [-0.2, 0) is 13.1 Å². The second kappa shape index (κ2) is 8.22. The monoisotopic (exact) mass is 381 g/mol. The van der Waals surface area contributed by atoms with Crippen molar-refractivity contribution in [3.8, 4) is 0 Å². The molecule has 4 rings (SSSR count). The van der Waals surface area contributed by atoms with E-state index in [-0.39, 0.29) is 0 Å². The van der Waals surface area contributed by atoms with Crippen molar-refractivity contribution in [3.05, 3.63) is 65.4 Å². The maximum atomic E-state index is 6.21. The van der Waals surface area contributed by atoms with E-state index in [0.717, 1.165) is 43.4 Å². The Morgan fingerprint density at radius 1 is 1.11 bits per heavy atom. The first-order valence-electron chi connectivity index (χ1n) is 9.02. The van der Waals surface area contributed by atoms with E-state index in [2.05, 4.69) is 37.0 Å². The van der Waals surface area contributed by atoms with E-state index in [4.69, 9.17) is 5.73 Å². The minimum absolute atomic E-state index is 0.549. The van der Waals surface area contributed by atoms with Crippen LogP contribution in [0.1, 0.15) is 11.1 Å². The summed E-state index contributed by atoms with van der Waals surface area (Å²) in [5.41, 5.74) is 8.50. The van der Waals surface area contributed by atoms with Crippen molar-refractivity contribution >= 4 is 22.4 Å². The fraction of sp³-hybridized carbons (Fsp3) is 0.316. The molecule has 0 aliphatic carbocycles. The van der Waals surface area contributed by atoms with Crippen LogP contribution < -0.4 is 10.6 Å². The summed E-state index contributed by atoms with van der Waals surface area (Å²) in [6.07, 6.45) is 5.74. The number of aliphatic imine (C=N–C) groups is 1. The smallest absolute Gasteiger partial charge is 0.191 e. The molecule has 2 N–H and O–H groups in total. The predicted octanol–water partition coefficient (Wildman–Crippen LogP) is 2.02. The Bertz CT molecular complexity index is 865. The lowest BCUT2D eigenvalue weighted by atomic mass is 10.2. The van der Waals surface area contributed by atoms with Gasteiger partial charge >= 0.3 is 0 Å². The van der Waals surface area contributed by atoms with E-state index in [1.165, 1.54) is 5.56 Å². The van der Waals surface area contributed by atoms with Crippen LogP contribution in [0.2, 0.25) is 0 Å². The van der Waals surface area contributed by atoms with Crippen molar-refractivity contribution in [3.63, 3.8) is 0 Å². The number of nitrogens with zero attached hydrogens (tertiary/aromatic N) is 6. The maximum Gasteiger partial charge on any atom is 0.191 e. The number of nitrogens with two attached hydrogens (primary N) is 1. The normalized spacial score (nSPS) is 15.3. The molecule has 3 heterocycles. The lowest BCUT2D eigenvalue weighted by Crippen LogP contribution is -2.51. The predicted molar refractivity (Wildman–Crippen MR) is 109 cm³/mol. The van der Waals surface area contributed by atoms with Crippen LogP contribution in [0.15, 0.2) is 59.3 Å². The number of thiazole rings is 1. The second-order valence-corrected chi connectivity index (χ2v) is 7.37. The molecule has 0 bridgehead atoms. The zero-order chi connectivity index (χ0) is 18.5. The molecule has 3 aromatic rings. The summed E-state index contributed by atoms with van der Waals surface area (Å²) in [5.74, 6) is 0.601. The number of piperazine rings is 1. The molecular formula is C19H23N7S. The lowest BCUT2D eigenvalue weighted by molar-refractivity contribution is 0.380. The van der Waals surface area contributed by atoms with Gasteiger partial charge in [0, 0.05) is 49.5 Å². The molecular weight excluding hydrogens is 358 g/mol. The van der Waals surface area contributed by atoms with E-state index >= 15 is 0 Å². The molecule has 0 spiro atoms. The Balaban J connectivity index is 1.29. The molecule has 0 amide bonds. The van der Waals surface area contributed by atoms with Crippen LogP contribution in [0.4, 0.5) is 5.13 Å². The first-order valence-corrected chi connectivity index (χ1v) is 9.90. The van der Waals surface area contributed by atoms with Gasteiger partial charge in [-0.05, 0) is 5.56 Å². The first-order chi connectivity index (χ1) is 13.3. The third-order valence-electron chi connectivity index (χ3n) is 4.59. The van der Waals surface area contributed by atoms with Crippen molar-refractivity contribution in [2.75, 3.05) is 31.1 Å². The van der Waals surface area contributed by atoms with Gasteiger partial charge in [-0.25, -0.2) is 9.98 Å². The molecule has 1 aromatic carbocycles. The summed E-state index contributed by atoms with van der Waals surface area (Å²) in [6, 6.07) is 10.3. The molecule has 27 heavy (non-hydrogen) atoms. The van der Waals surface area contributed by atoms with Crippen molar-refractivity contribution in [1.82, 2.24) is 19.7 Å². The molecule has 0 saturated carbocycles. The maximum absolute atomic E-state index is 6.21. The highest BCUT2D eigenvalue weighted by Crippen LogP contribution is 2.18. The van der Waals surface area contributed by atoms with Gasteiger partial charge in [-0.1, -0.05) is 30.3 Å². The van der Waals surface area contributed by atoms with Crippen LogP contribution in [-0.4, -0.2) is 51.8 Å². The van der Waals surface area contributed by atoms with E-state index in [0.29, 0.717) is 12.5 Å². The number of aromatic nitrogens is 3. The van der Waals surface area contributed by atoms with Crippen LogP contribution in [0.5, 0.6) is 0 Å². The molecule has 0 radical (unpaired) electrons.